The van der Waals surface area contributed by atoms with Gasteiger partial charge in [0.15, 0.2) is 0 Å². The van der Waals surface area contributed by atoms with E-state index in [9.17, 15) is 4.39 Å². The van der Waals surface area contributed by atoms with E-state index >= 15 is 0 Å². The molecule has 0 radical (unpaired) electrons. The quantitative estimate of drug-likeness (QED) is 0.686. The molecule has 0 atom stereocenters. The summed E-state index contributed by atoms with van der Waals surface area (Å²) in [6, 6.07) is 6.67. The van der Waals surface area contributed by atoms with Crippen LogP contribution >= 0.6 is 0 Å². The lowest BCUT2D eigenvalue weighted by Gasteiger charge is -2.05. The van der Waals surface area contributed by atoms with Gasteiger partial charge in [0.25, 0.3) is 0 Å². The van der Waals surface area contributed by atoms with Crippen molar-refractivity contribution in [2.24, 2.45) is 0 Å². The van der Waals surface area contributed by atoms with Crippen molar-refractivity contribution in [3.05, 3.63) is 35.6 Å². The van der Waals surface area contributed by atoms with Crippen molar-refractivity contribution < 1.29 is 9.13 Å². The third kappa shape index (κ3) is 5.83. The van der Waals surface area contributed by atoms with Gasteiger partial charge < -0.3 is 10.1 Å². The average molecular weight is 225 g/mol. The minimum Gasteiger partial charge on any atom is -0.382 e. The molecule has 0 saturated carbocycles. The van der Waals surface area contributed by atoms with Crippen molar-refractivity contribution >= 4 is 0 Å². The van der Waals surface area contributed by atoms with Crippen LogP contribution in [0.5, 0.6) is 0 Å². The molecule has 0 aromatic heterocycles. The summed E-state index contributed by atoms with van der Waals surface area (Å²) in [5, 5.41) is 3.33. The van der Waals surface area contributed by atoms with Crippen LogP contribution < -0.4 is 5.32 Å². The van der Waals surface area contributed by atoms with Crippen molar-refractivity contribution in [1.82, 2.24) is 5.32 Å². The maximum Gasteiger partial charge on any atom is 0.123 e. The zero-order valence-corrected chi connectivity index (χ0v) is 9.84. The predicted molar refractivity (Wildman–Crippen MR) is 64.1 cm³/mol. The summed E-state index contributed by atoms with van der Waals surface area (Å²) in [7, 11) is 0. The predicted octanol–water partition coefficient (Wildman–Crippen LogP) is 2.38. The van der Waals surface area contributed by atoms with Crippen molar-refractivity contribution in [2.75, 3.05) is 26.3 Å². The molecule has 0 amide bonds. The number of hydrogen-bond acceptors (Lipinski definition) is 2. The van der Waals surface area contributed by atoms with Crippen LogP contribution in [0.3, 0.4) is 0 Å². The highest BCUT2D eigenvalue weighted by Crippen LogP contribution is 2.02. The molecule has 1 aromatic rings. The molecule has 0 aliphatic rings. The summed E-state index contributed by atoms with van der Waals surface area (Å²) in [5.41, 5.74) is 1.17. The van der Waals surface area contributed by atoms with Gasteiger partial charge in [0, 0.05) is 13.2 Å². The van der Waals surface area contributed by atoms with Crippen molar-refractivity contribution in [3.63, 3.8) is 0 Å². The van der Waals surface area contributed by atoms with Gasteiger partial charge in [-0.05, 0) is 50.6 Å². The average Bonchev–Trinajstić information content (AvgIpc) is 2.30. The lowest BCUT2D eigenvalue weighted by Crippen LogP contribution is -2.19. The van der Waals surface area contributed by atoms with E-state index in [0.29, 0.717) is 0 Å². The van der Waals surface area contributed by atoms with E-state index in [1.807, 2.05) is 19.1 Å². The minimum absolute atomic E-state index is 0.173. The zero-order valence-electron chi connectivity index (χ0n) is 9.84. The van der Waals surface area contributed by atoms with Crippen LogP contribution in [-0.4, -0.2) is 26.3 Å². The first-order chi connectivity index (χ1) is 7.83. The highest BCUT2D eigenvalue weighted by Gasteiger charge is 1.94. The summed E-state index contributed by atoms with van der Waals surface area (Å²) in [5.74, 6) is -0.173. The maximum absolute atomic E-state index is 12.6. The summed E-state index contributed by atoms with van der Waals surface area (Å²) < 4.78 is 17.8. The van der Waals surface area contributed by atoms with Crippen LogP contribution in [0, 0.1) is 5.82 Å². The third-order valence-electron chi connectivity index (χ3n) is 2.35. The Morgan fingerprint density at radius 1 is 1.19 bits per heavy atom. The number of nitrogens with one attached hydrogen (secondary N) is 1. The normalized spacial score (nSPS) is 10.6. The molecule has 0 aliphatic carbocycles. The maximum atomic E-state index is 12.6. The van der Waals surface area contributed by atoms with Gasteiger partial charge in [0.1, 0.15) is 5.82 Å². The van der Waals surface area contributed by atoms with Crippen LogP contribution in [0.25, 0.3) is 0 Å². The molecule has 0 unspecified atom stereocenters. The van der Waals surface area contributed by atoms with E-state index in [2.05, 4.69) is 5.32 Å². The largest absolute Gasteiger partial charge is 0.382 e. The Labute approximate surface area is 96.8 Å². The molecule has 0 heterocycles. The topological polar surface area (TPSA) is 21.3 Å². The first-order valence-corrected chi connectivity index (χ1v) is 5.86. The van der Waals surface area contributed by atoms with Gasteiger partial charge in [-0.1, -0.05) is 12.1 Å². The standard InChI is InChI=1S/C13H20FNO/c1-2-16-11-3-9-15-10-8-12-4-6-13(14)7-5-12/h4-7,15H,2-3,8-11H2,1H3. The first-order valence-electron chi connectivity index (χ1n) is 5.86. The smallest absolute Gasteiger partial charge is 0.123 e. The highest BCUT2D eigenvalue weighted by molar-refractivity contribution is 5.16. The molecule has 0 saturated heterocycles. The van der Waals surface area contributed by atoms with Gasteiger partial charge in [-0.25, -0.2) is 4.39 Å². The van der Waals surface area contributed by atoms with E-state index < -0.39 is 0 Å². The van der Waals surface area contributed by atoms with Crippen LogP contribution in [0.2, 0.25) is 0 Å². The second kappa shape index (κ2) is 8.25. The number of ether oxygens (including phenoxy) is 1. The van der Waals surface area contributed by atoms with Gasteiger partial charge >= 0.3 is 0 Å². The number of hydrogen-bond donors (Lipinski definition) is 1. The first kappa shape index (κ1) is 13.1. The summed E-state index contributed by atoms with van der Waals surface area (Å²) >= 11 is 0. The molecule has 0 spiro atoms. The Bertz CT molecular complexity index is 274. The lowest BCUT2D eigenvalue weighted by atomic mass is 10.1. The van der Waals surface area contributed by atoms with Crippen molar-refractivity contribution in [3.8, 4) is 0 Å². The molecule has 1 aromatic carbocycles. The second-order valence-electron chi connectivity index (χ2n) is 3.68. The summed E-state index contributed by atoms with van der Waals surface area (Å²) in [6.07, 6.45) is 1.98. The van der Waals surface area contributed by atoms with Gasteiger partial charge in [0.05, 0.1) is 0 Å². The van der Waals surface area contributed by atoms with Crippen molar-refractivity contribution in [2.45, 2.75) is 19.8 Å². The Morgan fingerprint density at radius 2 is 1.94 bits per heavy atom. The van der Waals surface area contributed by atoms with Crippen molar-refractivity contribution in [1.29, 1.82) is 0 Å². The fourth-order valence-electron chi connectivity index (χ4n) is 1.45. The third-order valence-corrected chi connectivity index (χ3v) is 2.35. The lowest BCUT2D eigenvalue weighted by molar-refractivity contribution is 0.145. The Morgan fingerprint density at radius 3 is 2.62 bits per heavy atom. The monoisotopic (exact) mass is 225 g/mol. The highest BCUT2D eigenvalue weighted by atomic mass is 19.1. The van der Waals surface area contributed by atoms with E-state index in [4.69, 9.17) is 4.74 Å². The molecule has 0 aliphatic heterocycles. The van der Waals surface area contributed by atoms with Crippen LogP contribution in [0.1, 0.15) is 18.9 Å². The van der Waals surface area contributed by atoms with E-state index in [0.717, 1.165) is 39.1 Å². The number of benzene rings is 1. The molecule has 16 heavy (non-hydrogen) atoms. The molecule has 0 fully saturated rings. The Balaban J connectivity index is 2.01. The molecular formula is C13H20FNO. The van der Waals surface area contributed by atoms with Gasteiger partial charge in [-0.15, -0.1) is 0 Å². The van der Waals surface area contributed by atoms with E-state index in [1.54, 1.807) is 0 Å². The molecule has 1 rings (SSSR count). The Hall–Kier alpha value is -0.930. The van der Waals surface area contributed by atoms with E-state index in [-0.39, 0.29) is 5.82 Å². The fourth-order valence-corrected chi connectivity index (χ4v) is 1.45. The second-order valence-corrected chi connectivity index (χ2v) is 3.68. The molecule has 90 valence electrons. The molecular weight excluding hydrogens is 205 g/mol. The number of rotatable bonds is 8. The zero-order chi connectivity index (χ0) is 11.6. The SMILES string of the molecule is CCOCCCNCCc1ccc(F)cc1. The summed E-state index contributed by atoms with van der Waals surface area (Å²) in [6.45, 7) is 5.51. The van der Waals surface area contributed by atoms with Crippen LogP contribution in [0.4, 0.5) is 4.39 Å². The van der Waals surface area contributed by atoms with Crippen LogP contribution in [-0.2, 0) is 11.2 Å². The molecule has 2 nitrogen and oxygen atoms in total. The molecule has 3 heteroatoms. The number of halogens is 1. The van der Waals surface area contributed by atoms with Gasteiger partial charge in [0.2, 0.25) is 0 Å². The molecule has 1 N–H and O–H groups in total. The van der Waals surface area contributed by atoms with E-state index in [1.165, 1.54) is 17.7 Å². The van der Waals surface area contributed by atoms with Crippen LogP contribution in [0.15, 0.2) is 24.3 Å². The molecule has 0 bridgehead atoms. The fraction of sp³-hybridized carbons (Fsp3) is 0.538. The summed E-state index contributed by atoms with van der Waals surface area (Å²) in [4.78, 5) is 0. The van der Waals surface area contributed by atoms with Gasteiger partial charge in [-0.2, -0.15) is 0 Å². The Kier molecular flexibility index (Phi) is 6.77. The minimum atomic E-state index is -0.173. The van der Waals surface area contributed by atoms with Gasteiger partial charge in [-0.3, -0.25) is 0 Å².